The molecular formula is C19H24F3N3O3S. The molecule has 1 aromatic heterocycles. The third-order valence-electron chi connectivity index (χ3n) is 4.03. The van der Waals surface area contributed by atoms with E-state index in [4.69, 9.17) is 0 Å². The fourth-order valence-electron chi connectivity index (χ4n) is 2.65. The lowest BCUT2D eigenvalue weighted by atomic mass is 10.2. The van der Waals surface area contributed by atoms with E-state index in [2.05, 4.69) is 22.0 Å². The lowest BCUT2D eigenvalue weighted by molar-refractivity contribution is -0.160. The van der Waals surface area contributed by atoms with Crippen LogP contribution in [-0.4, -0.2) is 40.7 Å². The van der Waals surface area contributed by atoms with Gasteiger partial charge in [0.2, 0.25) is 0 Å². The average molecular weight is 431 g/mol. The molecule has 0 fully saturated rings. The highest BCUT2D eigenvalue weighted by molar-refractivity contribution is 7.99. The van der Waals surface area contributed by atoms with Crippen LogP contribution in [0.5, 0.6) is 0 Å². The quantitative estimate of drug-likeness (QED) is 0.344. The molecule has 0 saturated carbocycles. The van der Waals surface area contributed by atoms with E-state index in [0.29, 0.717) is 28.4 Å². The van der Waals surface area contributed by atoms with Gasteiger partial charge in [0.25, 0.3) is 5.56 Å². The van der Waals surface area contributed by atoms with Crippen LogP contribution < -0.4 is 10.9 Å². The van der Waals surface area contributed by atoms with Crippen molar-refractivity contribution in [2.24, 2.45) is 0 Å². The second kappa shape index (κ2) is 11.1. The molecule has 0 saturated heterocycles. The summed E-state index contributed by atoms with van der Waals surface area (Å²) in [6.45, 7) is 1.10. The standard InChI is InChI=1S/C19H24F3N3O3S/c1-2-3-4-7-11-25-16(26)14-8-5-6-9-15(14)24-17(25)29-12-10-23-18(27)28-13-19(20,21)22/h5-6,8-9H,2-4,7,10-13H2,1H3,(H,23,27). The van der Waals surface area contributed by atoms with Gasteiger partial charge in [-0.3, -0.25) is 9.36 Å². The van der Waals surface area contributed by atoms with Gasteiger partial charge in [-0.15, -0.1) is 0 Å². The number of alkyl carbamates (subject to hydrolysis) is 1. The number of thioether (sulfide) groups is 1. The van der Waals surface area contributed by atoms with E-state index in [1.54, 1.807) is 28.8 Å². The van der Waals surface area contributed by atoms with Gasteiger partial charge in [0, 0.05) is 18.8 Å². The molecule has 1 amide bonds. The van der Waals surface area contributed by atoms with E-state index in [0.717, 1.165) is 25.7 Å². The number of alkyl halides is 3. The minimum atomic E-state index is -4.56. The number of para-hydroxylation sites is 1. The Bertz CT molecular complexity index is 871. The van der Waals surface area contributed by atoms with E-state index >= 15 is 0 Å². The predicted molar refractivity (Wildman–Crippen MR) is 106 cm³/mol. The minimum absolute atomic E-state index is 0.0832. The molecule has 2 aromatic rings. The van der Waals surface area contributed by atoms with Crippen molar-refractivity contribution in [3.63, 3.8) is 0 Å². The summed E-state index contributed by atoms with van der Waals surface area (Å²) < 4.78 is 41.8. The van der Waals surface area contributed by atoms with Gasteiger partial charge in [0.1, 0.15) is 0 Å². The fourth-order valence-corrected chi connectivity index (χ4v) is 3.53. The van der Waals surface area contributed by atoms with Gasteiger partial charge in [-0.2, -0.15) is 13.2 Å². The van der Waals surface area contributed by atoms with Crippen LogP contribution in [0.2, 0.25) is 0 Å². The molecule has 0 aliphatic carbocycles. The summed E-state index contributed by atoms with van der Waals surface area (Å²) in [5, 5.41) is 3.33. The average Bonchev–Trinajstić information content (AvgIpc) is 2.68. The van der Waals surface area contributed by atoms with Crippen LogP contribution in [0.15, 0.2) is 34.2 Å². The van der Waals surface area contributed by atoms with Crippen molar-refractivity contribution in [2.75, 3.05) is 18.9 Å². The number of hydrogen-bond donors (Lipinski definition) is 1. The summed E-state index contributed by atoms with van der Waals surface area (Å²) in [6, 6.07) is 7.08. The highest BCUT2D eigenvalue weighted by atomic mass is 32.2. The number of unbranched alkanes of at least 4 members (excludes halogenated alkanes) is 3. The van der Waals surface area contributed by atoms with E-state index < -0.39 is 18.9 Å². The molecule has 1 aromatic carbocycles. The Labute approximate surface area is 170 Å². The van der Waals surface area contributed by atoms with Crippen LogP contribution in [-0.2, 0) is 11.3 Å². The van der Waals surface area contributed by atoms with E-state index in [1.165, 1.54) is 11.8 Å². The number of benzene rings is 1. The number of aromatic nitrogens is 2. The topological polar surface area (TPSA) is 73.2 Å². The van der Waals surface area contributed by atoms with Gasteiger partial charge in [-0.25, -0.2) is 9.78 Å². The number of nitrogens with zero attached hydrogens (tertiary/aromatic N) is 2. The lowest BCUT2D eigenvalue weighted by Crippen LogP contribution is -2.30. The summed E-state index contributed by atoms with van der Waals surface area (Å²) in [4.78, 5) is 28.7. The van der Waals surface area contributed by atoms with Gasteiger partial charge in [-0.05, 0) is 18.6 Å². The molecule has 160 valence electrons. The number of hydrogen-bond acceptors (Lipinski definition) is 5. The SMILES string of the molecule is CCCCCCn1c(SCCNC(=O)OCC(F)(F)F)nc2ccccc2c1=O. The van der Waals surface area contributed by atoms with Crippen molar-refractivity contribution in [2.45, 2.75) is 50.5 Å². The van der Waals surface area contributed by atoms with E-state index in [9.17, 15) is 22.8 Å². The zero-order chi connectivity index (χ0) is 21.3. The van der Waals surface area contributed by atoms with Crippen LogP contribution in [0.25, 0.3) is 10.9 Å². The van der Waals surface area contributed by atoms with Crippen LogP contribution in [0.4, 0.5) is 18.0 Å². The Morgan fingerprint density at radius 3 is 2.72 bits per heavy atom. The summed E-state index contributed by atoms with van der Waals surface area (Å²) in [5.74, 6) is 0.334. The van der Waals surface area contributed by atoms with Crippen molar-refractivity contribution in [3.05, 3.63) is 34.6 Å². The molecule has 0 atom stereocenters. The summed E-state index contributed by atoms with van der Waals surface area (Å²) in [7, 11) is 0. The number of rotatable bonds is 10. The first-order valence-electron chi connectivity index (χ1n) is 9.41. The van der Waals surface area contributed by atoms with Crippen LogP contribution in [0, 0.1) is 0 Å². The van der Waals surface area contributed by atoms with Crippen molar-refractivity contribution < 1.29 is 22.7 Å². The monoisotopic (exact) mass is 431 g/mol. The molecule has 10 heteroatoms. The van der Waals surface area contributed by atoms with Crippen LogP contribution in [0.1, 0.15) is 32.6 Å². The second-order valence-corrected chi connectivity index (χ2v) is 7.46. The molecule has 6 nitrogen and oxygen atoms in total. The normalized spacial score (nSPS) is 11.6. The maximum Gasteiger partial charge on any atom is 0.422 e. The van der Waals surface area contributed by atoms with Crippen molar-refractivity contribution in [1.82, 2.24) is 14.9 Å². The molecule has 0 aliphatic heterocycles. The van der Waals surface area contributed by atoms with Gasteiger partial charge in [0.15, 0.2) is 11.8 Å². The number of amides is 1. The number of fused-ring (bicyclic) bond motifs is 1. The number of carbonyl (C=O) groups excluding carboxylic acids is 1. The predicted octanol–water partition coefficient (Wildman–Crippen LogP) is 4.36. The summed E-state index contributed by atoms with van der Waals surface area (Å²) >= 11 is 1.26. The first-order chi connectivity index (χ1) is 13.8. The Morgan fingerprint density at radius 2 is 2.00 bits per heavy atom. The molecule has 0 radical (unpaired) electrons. The maximum absolute atomic E-state index is 12.8. The molecule has 0 bridgehead atoms. The first kappa shape index (κ1) is 23.1. The zero-order valence-electron chi connectivity index (χ0n) is 16.1. The Kier molecular flexibility index (Phi) is 8.81. The van der Waals surface area contributed by atoms with E-state index in [-0.39, 0.29) is 12.1 Å². The van der Waals surface area contributed by atoms with Gasteiger partial charge >= 0.3 is 12.3 Å². The third kappa shape index (κ3) is 7.60. The molecule has 29 heavy (non-hydrogen) atoms. The number of halogens is 3. The molecule has 0 aliphatic rings. The smallest absolute Gasteiger partial charge is 0.422 e. The van der Waals surface area contributed by atoms with Crippen molar-refractivity contribution >= 4 is 28.8 Å². The van der Waals surface area contributed by atoms with Gasteiger partial charge < -0.3 is 10.1 Å². The number of carbonyl (C=O) groups is 1. The Hall–Kier alpha value is -2.23. The highest BCUT2D eigenvalue weighted by Crippen LogP contribution is 2.18. The summed E-state index contributed by atoms with van der Waals surface area (Å²) in [6.07, 6.45) is -1.67. The zero-order valence-corrected chi connectivity index (χ0v) is 16.9. The number of nitrogens with one attached hydrogen (secondary N) is 1. The molecule has 0 unspecified atom stereocenters. The molecule has 1 heterocycles. The summed E-state index contributed by atoms with van der Waals surface area (Å²) in [5.41, 5.74) is 0.467. The second-order valence-electron chi connectivity index (χ2n) is 6.40. The van der Waals surface area contributed by atoms with Crippen LogP contribution in [0.3, 0.4) is 0 Å². The first-order valence-corrected chi connectivity index (χ1v) is 10.4. The fraction of sp³-hybridized carbons (Fsp3) is 0.526. The van der Waals surface area contributed by atoms with Crippen molar-refractivity contribution in [1.29, 1.82) is 0 Å². The van der Waals surface area contributed by atoms with Gasteiger partial charge in [0.05, 0.1) is 10.9 Å². The molecule has 1 N–H and O–H groups in total. The minimum Gasteiger partial charge on any atom is -0.440 e. The van der Waals surface area contributed by atoms with Gasteiger partial charge in [-0.1, -0.05) is 50.1 Å². The lowest BCUT2D eigenvalue weighted by Gasteiger charge is -2.13. The Morgan fingerprint density at radius 1 is 1.24 bits per heavy atom. The number of ether oxygens (including phenoxy) is 1. The molecular weight excluding hydrogens is 407 g/mol. The maximum atomic E-state index is 12.8. The van der Waals surface area contributed by atoms with Crippen LogP contribution >= 0.6 is 11.8 Å². The van der Waals surface area contributed by atoms with Crippen molar-refractivity contribution in [3.8, 4) is 0 Å². The van der Waals surface area contributed by atoms with E-state index in [1.807, 2.05) is 0 Å². The molecule has 2 rings (SSSR count). The largest absolute Gasteiger partial charge is 0.440 e. The molecule has 0 spiro atoms. The highest BCUT2D eigenvalue weighted by Gasteiger charge is 2.29. The Balaban J connectivity index is 2.00. The third-order valence-corrected chi connectivity index (χ3v) is 5.01.